The van der Waals surface area contributed by atoms with Crippen molar-refractivity contribution in [1.82, 2.24) is 14.5 Å². The summed E-state index contributed by atoms with van der Waals surface area (Å²) in [7, 11) is 1.69. The Bertz CT molecular complexity index is 1090. The third kappa shape index (κ3) is 3.59. The fourth-order valence-electron chi connectivity index (χ4n) is 3.36. The number of halogens is 1. The average Bonchev–Trinajstić information content (AvgIpc) is 3.10. The van der Waals surface area contributed by atoms with Crippen LogP contribution in [0, 0.1) is 0 Å². The molecule has 0 fully saturated rings. The maximum atomic E-state index is 6.23. The summed E-state index contributed by atoms with van der Waals surface area (Å²) in [4.78, 5) is 9.11. The van der Waals surface area contributed by atoms with E-state index in [-0.39, 0.29) is 6.04 Å². The molecule has 0 saturated carbocycles. The molecule has 1 N–H and O–H groups in total. The number of rotatable bonds is 6. The van der Waals surface area contributed by atoms with Crippen LogP contribution >= 0.6 is 11.6 Å². The monoisotopic (exact) mass is 392 g/mol. The SMILES string of the molecule is COC[C@H](C)Nc1ncnc2c1c(-c1ccccc1)cn2-c1cccc(Cl)c1. The number of nitrogens with one attached hydrogen (secondary N) is 1. The van der Waals surface area contributed by atoms with Crippen molar-refractivity contribution < 1.29 is 4.74 Å². The van der Waals surface area contributed by atoms with E-state index in [4.69, 9.17) is 16.3 Å². The first-order valence-corrected chi connectivity index (χ1v) is 9.48. The van der Waals surface area contributed by atoms with Crippen molar-refractivity contribution >= 4 is 28.5 Å². The minimum absolute atomic E-state index is 0.112. The lowest BCUT2D eigenvalue weighted by Gasteiger charge is -2.14. The third-order valence-electron chi connectivity index (χ3n) is 4.55. The van der Waals surface area contributed by atoms with Crippen LogP contribution in [0.25, 0.3) is 27.8 Å². The molecule has 5 nitrogen and oxygen atoms in total. The maximum absolute atomic E-state index is 6.23. The maximum Gasteiger partial charge on any atom is 0.150 e. The standard InChI is InChI=1S/C22H21ClN4O/c1-15(13-28-2)26-21-20-19(16-7-4-3-5-8-16)12-27(22(20)25-14-24-21)18-10-6-9-17(23)11-18/h3-12,14-15H,13H2,1-2H3,(H,24,25,26)/t15-/m0/s1. The minimum Gasteiger partial charge on any atom is -0.383 e. The molecule has 28 heavy (non-hydrogen) atoms. The van der Waals surface area contributed by atoms with Crippen molar-refractivity contribution in [2.24, 2.45) is 0 Å². The van der Waals surface area contributed by atoms with E-state index in [9.17, 15) is 0 Å². The summed E-state index contributed by atoms with van der Waals surface area (Å²) in [6.07, 6.45) is 3.67. The van der Waals surface area contributed by atoms with Crippen LogP contribution in [0.2, 0.25) is 5.02 Å². The highest BCUT2D eigenvalue weighted by atomic mass is 35.5. The highest BCUT2D eigenvalue weighted by Crippen LogP contribution is 2.35. The van der Waals surface area contributed by atoms with Gasteiger partial charge in [-0.25, -0.2) is 9.97 Å². The van der Waals surface area contributed by atoms with Crippen LogP contribution in [0.3, 0.4) is 0 Å². The Kier molecular flexibility index (Phi) is 5.28. The molecule has 0 amide bonds. The zero-order valence-electron chi connectivity index (χ0n) is 15.8. The molecule has 0 spiro atoms. The highest BCUT2D eigenvalue weighted by molar-refractivity contribution is 6.30. The van der Waals surface area contributed by atoms with E-state index in [0.717, 1.165) is 33.7 Å². The first-order valence-electron chi connectivity index (χ1n) is 9.10. The normalized spacial score (nSPS) is 12.2. The lowest BCUT2D eigenvalue weighted by Crippen LogP contribution is -2.21. The van der Waals surface area contributed by atoms with Gasteiger partial charge in [0.1, 0.15) is 12.1 Å². The van der Waals surface area contributed by atoms with Gasteiger partial charge < -0.3 is 14.6 Å². The van der Waals surface area contributed by atoms with Gasteiger partial charge in [-0.15, -0.1) is 0 Å². The molecule has 0 aliphatic carbocycles. The fourth-order valence-corrected chi connectivity index (χ4v) is 3.54. The van der Waals surface area contributed by atoms with E-state index < -0.39 is 0 Å². The first kappa shape index (κ1) is 18.5. The van der Waals surface area contributed by atoms with Crippen LogP contribution in [-0.4, -0.2) is 34.3 Å². The molecule has 0 radical (unpaired) electrons. The molecule has 2 heterocycles. The predicted octanol–water partition coefficient (Wildman–Crippen LogP) is 5.19. The molecule has 0 saturated heterocycles. The Labute approximate surface area is 169 Å². The molecule has 0 aliphatic heterocycles. The molecule has 0 unspecified atom stereocenters. The van der Waals surface area contributed by atoms with Crippen molar-refractivity contribution in [1.29, 1.82) is 0 Å². The van der Waals surface area contributed by atoms with Gasteiger partial charge in [0, 0.05) is 35.6 Å². The van der Waals surface area contributed by atoms with Crippen LogP contribution < -0.4 is 5.32 Å². The van der Waals surface area contributed by atoms with E-state index in [0.29, 0.717) is 11.6 Å². The predicted molar refractivity (Wildman–Crippen MR) is 114 cm³/mol. The van der Waals surface area contributed by atoms with Gasteiger partial charge in [0.2, 0.25) is 0 Å². The van der Waals surface area contributed by atoms with Gasteiger partial charge in [-0.05, 0) is 30.7 Å². The van der Waals surface area contributed by atoms with Gasteiger partial charge in [0.05, 0.1) is 12.0 Å². The van der Waals surface area contributed by atoms with Gasteiger partial charge >= 0.3 is 0 Å². The molecule has 0 aliphatic rings. The van der Waals surface area contributed by atoms with Crippen molar-refractivity contribution in [3.63, 3.8) is 0 Å². The number of hydrogen-bond acceptors (Lipinski definition) is 4. The Balaban J connectivity index is 1.95. The Morgan fingerprint density at radius 1 is 1.11 bits per heavy atom. The number of nitrogens with zero attached hydrogens (tertiary/aromatic N) is 3. The molecule has 0 bridgehead atoms. The van der Waals surface area contributed by atoms with Gasteiger partial charge in [0.25, 0.3) is 0 Å². The summed E-state index contributed by atoms with van der Waals surface area (Å²) in [6, 6.07) is 18.1. The zero-order valence-corrected chi connectivity index (χ0v) is 16.5. The molecule has 4 aromatic rings. The molecule has 2 aromatic heterocycles. The summed E-state index contributed by atoms with van der Waals surface area (Å²) >= 11 is 6.23. The third-order valence-corrected chi connectivity index (χ3v) is 4.79. The summed E-state index contributed by atoms with van der Waals surface area (Å²) in [5, 5.41) is 5.11. The Hall–Kier alpha value is -2.89. The van der Waals surface area contributed by atoms with Gasteiger partial charge in [0.15, 0.2) is 5.65 Å². The molecule has 1 atom stereocenters. The second-order valence-corrected chi connectivity index (χ2v) is 7.12. The van der Waals surface area contributed by atoms with Crippen molar-refractivity contribution in [3.05, 3.63) is 72.1 Å². The minimum atomic E-state index is 0.112. The van der Waals surface area contributed by atoms with Gasteiger partial charge in [-0.1, -0.05) is 48.0 Å². The number of anilines is 1. The smallest absolute Gasteiger partial charge is 0.150 e. The molecular formula is C22H21ClN4O. The second kappa shape index (κ2) is 8.00. The highest BCUT2D eigenvalue weighted by Gasteiger charge is 2.18. The number of methoxy groups -OCH3 is 1. The molecule has 6 heteroatoms. The summed E-state index contributed by atoms with van der Waals surface area (Å²) in [5.74, 6) is 0.786. The van der Waals surface area contributed by atoms with Crippen molar-refractivity contribution in [2.75, 3.05) is 19.0 Å². The van der Waals surface area contributed by atoms with E-state index in [1.54, 1.807) is 13.4 Å². The number of benzene rings is 2. The van der Waals surface area contributed by atoms with E-state index in [1.165, 1.54) is 0 Å². The van der Waals surface area contributed by atoms with Crippen molar-refractivity contribution in [3.8, 4) is 16.8 Å². The van der Waals surface area contributed by atoms with Gasteiger partial charge in [-0.3, -0.25) is 0 Å². The fraction of sp³-hybridized carbons (Fsp3) is 0.182. The number of aromatic nitrogens is 3. The number of fused-ring (bicyclic) bond motifs is 1. The molecular weight excluding hydrogens is 372 g/mol. The topological polar surface area (TPSA) is 52.0 Å². The molecule has 4 rings (SSSR count). The van der Waals surface area contributed by atoms with E-state index in [2.05, 4.69) is 45.1 Å². The molecule has 2 aromatic carbocycles. The summed E-state index contributed by atoms with van der Waals surface area (Å²) in [5.41, 5.74) is 3.94. The number of hydrogen-bond donors (Lipinski definition) is 1. The summed E-state index contributed by atoms with van der Waals surface area (Å²) in [6.45, 7) is 2.65. The summed E-state index contributed by atoms with van der Waals surface area (Å²) < 4.78 is 7.32. The van der Waals surface area contributed by atoms with Crippen molar-refractivity contribution in [2.45, 2.75) is 13.0 Å². The Morgan fingerprint density at radius 2 is 1.93 bits per heavy atom. The number of ether oxygens (including phenoxy) is 1. The average molecular weight is 393 g/mol. The van der Waals surface area contributed by atoms with E-state index >= 15 is 0 Å². The zero-order chi connectivity index (χ0) is 19.5. The van der Waals surface area contributed by atoms with Crippen LogP contribution in [0.5, 0.6) is 0 Å². The Morgan fingerprint density at radius 3 is 2.68 bits per heavy atom. The lowest BCUT2D eigenvalue weighted by molar-refractivity contribution is 0.190. The van der Waals surface area contributed by atoms with Crippen LogP contribution in [0.15, 0.2) is 67.1 Å². The van der Waals surface area contributed by atoms with Crippen LogP contribution in [0.1, 0.15) is 6.92 Å². The van der Waals surface area contributed by atoms with E-state index in [1.807, 2.05) is 42.5 Å². The van der Waals surface area contributed by atoms with Crippen LogP contribution in [0.4, 0.5) is 5.82 Å². The lowest BCUT2D eigenvalue weighted by atomic mass is 10.1. The van der Waals surface area contributed by atoms with Gasteiger partial charge in [-0.2, -0.15) is 0 Å². The van der Waals surface area contributed by atoms with Crippen LogP contribution in [-0.2, 0) is 4.74 Å². The first-order chi connectivity index (χ1) is 13.7. The second-order valence-electron chi connectivity index (χ2n) is 6.68. The quantitative estimate of drug-likeness (QED) is 0.490. The largest absolute Gasteiger partial charge is 0.383 e. The molecule has 142 valence electrons.